The molecule has 0 aromatic carbocycles. The van der Waals surface area contributed by atoms with Gasteiger partial charge in [0, 0.05) is 29.9 Å². The van der Waals surface area contributed by atoms with Gasteiger partial charge in [-0.2, -0.15) is 0 Å². The predicted molar refractivity (Wildman–Crippen MR) is 60.6 cm³/mol. The molecule has 0 bridgehead atoms. The lowest BCUT2D eigenvalue weighted by Crippen LogP contribution is -2.16. The minimum atomic E-state index is 0.886. The van der Waals surface area contributed by atoms with Gasteiger partial charge in [0.05, 0.1) is 0 Å². The lowest BCUT2D eigenvalue weighted by molar-refractivity contribution is 0.807. The zero-order valence-electron chi connectivity index (χ0n) is 7.75. The van der Waals surface area contributed by atoms with E-state index in [2.05, 4.69) is 22.3 Å². The molecule has 0 saturated carbocycles. The van der Waals surface area contributed by atoms with Crippen LogP contribution in [0.15, 0.2) is 22.4 Å². The van der Waals surface area contributed by atoms with Gasteiger partial charge in [-0.1, -0.05) is 17.8 Å². The number of nitrogens with one attached hydrogen (secondary N) is 1. The minimum absolute atomic E-state index is 0.886. The molecule has 0 radical (unpaired) electrons. The topological polar surface area (TPSA) is 24.9 Å². The third kappa shape index (κ3) is 4.45. The zero-order chi connectivity index (χ0) is 9.52. The van der Waals surface area contributed by atoms with Crippen molar-refractivity contribution in [2.75, 3.05) is 18.8 Å². The maximum atomic E-state index is 4.36. The summed E-state index contributed by atoms with van der Waals surface area (Å²) in [7, 11) is 0. The van der Waals surface area contributed by atoms with Crippen LogP contribution in [0, 0.1) is 6.92 Å². The SMILES string of the molecule is C=CCNCCSc1nc(C)cs1. The first kappa shape index (κ1) is 10.8. The molecule has 0 fully saturated rings. The lowest BCUT2D eigenvalue weighted by atomic mass is 10.6. The lowest BCUT2D eigenvalue weighted by Gasteiger charge is -1.98. The van der Waals surface area contributed by atoms with Crippen LogP contribution in [0.3, 0.4) is 0 Å². The van der Waals surface area contributed by atoms with Gasteiger partial charge >= 0.3 is 0 Å². The molecule has 0 unspecified atom stereocenters. The molecule has 0 aliphatic carbocycles. The summed E-state index contributed by atoms with van der Waals surface area (Å²) < 4.78 is 1.16. The second-order valence-electron chi connectivity index (χ2n) is 2.60. The quantitative estimate of drug-likeness (QED) is 0.447. The Morgan fingerprint density at radius 3 is 3.23 bits per heavy atom. The van der Waals surface area contributed by atoms with E-state index in [1.54, 1.807) is 23.1 Å². The largest absolute Gasteiger partial charge is 0.312 e. The summed E-state index contributed by atoms with van der Waals surface area (Å²) in [5, 5.41) is 5.33. The van der Waals surface area contributed by atoms with Gasteiger partial charge < -0.3 is 5.32 Å². The van der Waals surface area contributed by atoms with E-state index in [1.807, 2.05) is 13.0 Å². The van der Waals surface area contributed by atoms with Gasteiger partial charge in [0.25, 0.3) is 0 Å². The molecule has 0 saturated heterocycles. The Bertz CT molecular complexity index is 258. The van der Waals surface area contributed by atoms with Crippen molar-refractivity contribution in [2.24, 2.45) is 0 Å². The van der Waals surface area contributed by atoms with Gasteiger partial charge in [-0.3, -0.25) is 0 Å². The molecule has 1 aromatic heterocycles. The molecule has 13 heavy (non-hydrogen) atoms. The van der Waals surface area contributed by atoms with Crippen LogP contribution in [0.5, 0.6) is 0 Å². The van der Waals surface area contributed by atoms with Crippen LogP contribution >= 0.6 is 23.1 Å². The van der Waals surface area contributed by atoms with Crippen LogP contribution in [0.2, 0.25) is 0 Å². The van der Waals surface area contributed by atoms with Crippen molar-refractivity contribution in [3.8, 4) is 0 Å². The standard InChI is InChI=1S/C9H14N2S2/c1-3-4-10-5-6-12-9-11-8(2)7-13-9/h3,7,10H,1,4-6H2,2H3. The molecule has 0 atom stereocenters. The number of thioether (sulfide) groups is 1. The van der Waals surface area contributed by atoms with Crippen LogP contribution in [0.4, 0.5) is 0 Å². The van der Waals surface area contributed by atoms with Gasteiger partial charge in [0.2, 0.25) is 0 Å². The second-order valence-corrected chi connectivity index (χ2v) is 4.80. The summed E-state index contributed by atoms with van der Waals surface area (Å²) in [6.07, 6.45) is 1.87. The van der Waals surface area contributed by atoms with Gasteiger partial charge in [0.15, 0.2) is 0 Å². The summed E-state index contributed by atoms with van der Waals surface area (Å²) in [6.45, 7) is 7.56. The van der Waals surface area contributed by atoms with Crippen LogP contribution in [0.25, 0.3) is 0 Å². The molecule has 0 aliphatic heterocycles. The van der Waals surface area contributed by atoms with Crippen molar-refractivity contribution in [1.29, 1.82) is 0 Å². The van der Waals surface area contributed by atoms with Crippen molar-refractivity contribution in [2.45, 2.75) is 11.3 Å². The van der Waals surface area contributed by atoms with E-state index in [4.69, 9.17) is 0 Å². The summed E-state index contributed by atoms with van der Waals surface area (Å²) >= 11 is 3.52. The Balaban J connectivity index is 2.09. The normalized spacial score (nSPS) is 10.2. The first-order valence-electron chi connectivity index (χ1n) is 4.19. The summed E-state index contributed by atoms with van der Waals surface area (Å²) in [4.78, 5) is 4.36. The third-order valence-electron chi connectivity index (χ3n) is 1.39. The van der Waals surface area contributed by atoms with E-state index < -0.39 is 0 Å². The highest BCUT2D eigenvalue weighted by molar-refractivity contribution is 8.01. The van der Waals surface area contributed by atoms with E-state index in [1.165, 1.54) is 0 Å². The van der Waals surface area contributed by atoms with Crippen LogP contribution in [-0.4, -0.2) is 23.8 Å². The molecule has 4 heteroatoms. The van der Waals surface area contributed by atoms with Gasteiger partial charge in [0.1, 0.15) is 4.34 Å². The third-order valence-corrected chi connectivity index (χ3v) is 3.53. The fraction of sp³-hybridized carbons (Fsp3) is 0.444. The van der Waals surface area contributed by atoms with E-state index in [0.717, 1.165) is 28.9 Å². The number of thiazole rings is 1. The predicted octanol–water partition coefficient (Wildman–Crippen LogP) is 2.32. The molecule has 1 aromatic rings. The number of nitrogens with zero attached hydrogens (tertiary/aromatic N) is 1. The fourth-order valence-corrected chi connectivity index (χ4v) is 2.63. The number of rotatable bonds is 6. The molecule has 0 spiro atoms. The van der Waals surface area contributed by atoms with Crippen molar-refractivity contribution in [1.82, 2.24) is 10.3 Å². The van der Waals surface area contributed by atoms with Crippen molar-refractivity contribution in [3.63, 3.8) is 0 Å². The molecule has 1 heterocycles. The van der Waals surface area contributed by atoms with Crippen molar-refractivity contribution >= 4 is 23.1 Å². The highest BCUT2D eigenvalue weighted by Crippen LogP contribution is 2.21. The van der Waals surface area contributed by atoms with E-state index >= 15 is 0 Å². The maximum Gasteiger partial charge on any atom is 0.150 e. The summed E-state index contributed by atoms with van der Waals surface area (Å²) in [5.41, 5.74) is 1.12. The van der Waals surface area contributed by atoms with Gasteiger partial charge in [-0.15, -0.1) is 17.9 Å². The minimum Gasteiger partial charge on any atom is -0.312 e. The van der Waals surface area contributed by atoms with E-state index in [-0.39, 0.29) is 0 Å². The Hall–Kier alpha value is -0.320. The maximum absolute atomic E-state index is 4.36. The van der Waals surface area contributed by atoms with Crippen molar-refractivity contribution in [3.05, 3.63) is 23.7 Å². The van der Waals surface area contributed by atoms with Gasteiger partial charge in [-0.25, -0.2) is 4.98 Å². The Morgan fingerprint density at radius 2 is 2.62 bits per heavy atom. The molecule has 1 N–H and O–H groups in total. The fourth-order valence-electron chi connectivity index (χ4n) is 0.813. The molecule has 72 valence electrons. The Morgan fingerprint density at radius 1 is 1.77 bits per heavy atom. The molecule has 0 aliphatic rings. The Labute approximate surface area is 87.5 Å². The monoisotopic (exact) mass is 214 g/mol. The molecule has 1 rings (SSSR count). The first-order valence-corrected chi connectivity index (χ1v) is 6.06. The molecule has 0 amide bonds. The average Bonchev–Trinajstić information content (AvgIpc) is 2.51. The number of hydrogen-bond acceptors (Lipinski definition) is 4. The van der Waals surface area contributed by atoms with Crippen LogP contribution in [0.1, 0.15) is 5.69 Å². The van der Waals surface area contributed by atoms with Crippen molar-refractivity contribution < 1.29 is 0 Å². The molecular weight excluding hydrogens is 200 g/mol. The first-order chi connectivity index (χ1) is 6.33. The summed E-state index contributed by atoms with van der Waals surface area (Å²) in [6, 6.07) is 0. The Kier molecular flexibility index (Phi) is 5.12. The van der Waals surface area contributed by atoms with E-state index in [0.29, 0.717) is 0 Å². The average molecular weight is 214 g/mol. The number of aryl methyl sites for hydroxylation is 1. The van der Waals surface area contributed by atoms with Gasteiger partial charge in [-0.05, 0) is 6.92 Å². The zero-order valence-corrected chi connectivity index (χ0v) is 9.38. The van der Waals surface area contributed by atoms with Crippen LogP contribution < -0.4 is 5.32 Å². The highest BCUT2D eigenvalue weighted by Gasteiger charge is 1.97. The molecule has 2 nitrogen and oxygen atoms in total. The van der Waals surface area contributed by atoms with E-state index in [9.17, 15) is 0 Å². The summed E-state index contributed by atoms with van der Waals surface area (Å²) in [5.74, 6) is 1.07. The molecular formula is C9H14N2S2. The second kappa shape index (κ2) is 6.18. The smallest absolute Gasteiger partial charge is 0.150 e. The van der Waals surface area contributed by atoms with Crippen LogP contribution in [-0.2, 0) is 0 Å². The number of hydrogen-bond donors (Lipinski definition) is 1. The number of aromatic nitrogens is 1. The highest BCUT2D eigenvalue weighted by atomic mass is 32.2.